The van der Waals surface area contributed by atoms with E-state index in [-0.39, 0.29) is 0 Å². The third kappa shape index (κ3) is 2.56. The van der Waals surface area contributed by atoms with Crippen LogP contribution in [-0.4, -0.2) is 4.98 Å². The van der Waals surface area contributed by atoms with Crippen molar-refractivity contribution in [3.8, 4) is 0 Å². The second-order valence-corrected chi connectivity index (χ2v) is 4.55. The standard InChI is InChI=1S/C9H10Br2N/c1-6(2)5-7-8(10)3-4-12-9(7)11/h3-4H,5H2,1-2H3. The lowest BCUT2D eigenvalue weighted by molar-refractivity contribution is 0.934. The molecule has 0 fully saturated rings. The normalized spacial score (nSPS) is 10.8. The molecule has 1 radical (unpaired) electrons. The van der Waals surface area contributed by atoms with Crippen LogP contribution in [0.15, 0.2) is 21.3 Å². The molecule has 0 bridgehead atoms. The number of rotatable bonds is 2. The molecular weight excluding hydrogens is 282 g/mol. The molecule has 0 aliphatic carbocycles. The van der Waals surface area contributed by atoms with Crippen molar-refractivity contribution in [3.05, 3.63) is 32.8 Å². The third-order valence-electron chi connectivity index (χ3n) is 1.48. The van der Waals surface area contributed by atoms with Crippen LogP contribution in [0, 0.1) is 5.92 Å². The second kappa shape index (κ2) is 4.38. The summed E-state index contributed by atoms with van der Waals surface area (Å²) in [5.74, 6) is 1.38. The van der Waals surface area contributed by atoms with Crippen molar-refractivity contribution in [1.29, 1.82) is 0 Å². The van der Waals surface area contributed by atoms with E-state index in [4.69, 9.17) is 0 Å². The average molecular weight is 292 g/mol. The minimum absolute atomic E-state index is 0.929. The van der Waals surface area contributed by atoms with E-state index in [1.165, 1.54) is 11.5 Å². The number of nitrogens with zero attached hydrogens (tertiary/aromatic N) is 1. The highest BCUT2D eigenvalue weighted by Crippen LogP contribution is 2.25. The largest absolute Gasteiger partial charge is 0.249 e. The van der Waals surface area contributed by atoms with E-state index in [2.05, 4.69) is 50.7 Å². The smallest absolute Gasteiger partial charge is 0.110 e. The summed E-state index contributed by atoms with van der Waals surface area (Å²) in [5.41, 5.74) is 1.22. The van der Waals surface area contributed by atoms with Crippen LogP contribution in [0.4, 0.5) is 0 Å². The Balaban J connectivity index is 2.96. The predicted octanol–water partition coefficient (Wildman–Crippen LogP) is 3.76. The summed E-state index contributed by atoms with van der Waals surface area (Å²) in [6.45, 7) is 4.23. The maximum atomic E-state index is 4.17. The minimum atomic E-state index is 0.929. The van der Waals surface area contributed by atoms with Crippen LogP contribution in [0.25, 0.3) is 0 Å². The molecule has 0 saturated heterocycles. The fourth-order valence-electron chi connectivity index (χ4n) is 0.956. The molecule has 12 heavy (non-hydrogen) atoms. The fraction of sp³-hybridized carbons (Fsp3) is 0.333. The lowest BCUT2D eigenvalue weighted by Gasteiger charge is -2.07. The predicted molar refractivity (Wildman–Crippen MR) is 57.9 cm³/mol. The highest BCUT2D eigenvalue weighted by molar-refractivity contribution is 9.11. The molecule has 1 rings (SSSR count). The van der Waals surface area contributed by atoms with Crippen LogP contribution in [0.2, 0.25) is 0 Å². The van der Waals surface area contributed by atoms with E-state index >= 15 is 0 Å². The van der Waals surface area contributed by atoms with Crippen LogP contribution < -0.4 is 0 Å². The van der Waals surface area contributed by atoms with E-state index in [0.29, 0.717) is 0 Å². The molecule has 0 spiro atoms. The maximum Gasteiger partial charge on any atom is 0.110 e. The summed E-state index contributed by atoms with van der Waals surface area (Å²) in [7, 11) is 0. The van der Waals surface area contributed by atoms with Gasteiger partial charge in [0.25, 0.3) is 0 Å². The number of hydrogen-bond acceptors (Lipinski definition) is 1. The molecule has 0 aliphatic rings. The van der Waals surface area contributed by atoms with Gasteiger partial charge in [0.1, 0.15) is 4.60 Å². The van der Waals surface area contributed by atoms with Gasteiger partial charge in [0.15, 0.2) is 0 Å². The first-order valence-corrected chi connectivity index (χ1v) is 5.27. The molecule has 3 heteroatoms. The Morgan fingerprint density at radius 3 is 2.58 bits per heavy atom. The molecule has 0 unspecified atom stereocenters. The lowest BCUT2D eigenvalue weighted by atomic mass is 10.1. The minimum Gasteiger partial charge on any atom is -0.249 e. The fourth-order valence-corrected chi connectivity index (χ4v) is 2.14. The van der Waals surface area contributed by atoms with E-state index < -0.39 is 0 Å². The highest BCUT2D eigenvalue weighted by atomic mass is 79.9. The molecule has 1 aromatic heterocycles. The van der Waals surface area contributed by atoms with Gasteiger partial charge in [0.05, 0.1) is 0 Å². The highest BCUT2D eigenvalue weighted by Gasteiger charge is 2.07. The SMILES string of the molecule is C[C](C)Cc1c(Br)ccnc1Br. The molecule has 0 saturated carbocycles. The van der Waals surface area contributed by atoms with Gasteiger partial charge >= 0.3 is 0 Å². The Bertz CT molecular complexity index is 251. The Morgan fingerprint density at radius 1 is 1.42 bits per heavy atom. The zero-order chi connectivity index (χ0) is 9.14. The first-order chi connectivity index (χ1) is 5.61. The first-order valence-electron chi connectivity index (χ1n) is 3.69. The van der Waals surface area contributed by atoms with Crippen molar-refractivity contribution in [2.24, 2.45) is 0 Å². The molecule has 0 amide bonds. The summed E-state index contributed by atoms with van der Waals surface area (Å²) in [5, 5.41) is 0. The van der Waals surface area contributed by atoms with Crippen molar-refractivity contribution in [1.82, 2.24) is 4.98 Å². The summed E-state index contributed by atoms with van der Waals surface area (Å²) in [6, 6.07) is 1.96. The lowest BCUT2D eigenvalue weighted by Crippen LogP contribution is -1.95. The molecule has 0 atom stereocenters. The molecule has 1 heterocycles. The summed E-state index contributed by atoms with van der Waals surface area (Å²) < 4.78 is 2.05. The van der Waals surface area contributed by atoms with E-state index in [1.54, 1.807) is 6.20 Å². The van der Waals surface area contributed by atoms with Gasteiger partial charge < -0.3 is 0 Å². The van der Waals surface area contributed by atoms with Crippen LogP contribution >= 0.6 is 31.9 Å². The van der Waals surface area contributed by atoms with E-state index in [1.807, 2.05) is 6.07 Å². The Morgan fingerprint density at radius 2 is 2.08 bits per heavy atom. The van der Waals surface area contributed by atoms with Gasteiger partial charge in [-0.25, -0.2) is 4.98 Å². The summed E-state index contributed by atoms with van der Waals surface area (Å²) in [4.78, 5) is 4.17. The Kier molecular flexibility index (Phi) is 3.72. The van der Waals surface area contributed by atoms with Gasteiger partial charge in [0.2, 0.25) is 0 Å². The van der Waals surface area contributed by atoms with Crippen LogP contribution in [-0.2, 0) is 6.42 Å². The average Bonchev–Trinajstić information content (AvgIpc) is 1.97. The molecule has 0 aliphatic heterocycles. The molecular formula is C9H10Br2N. The Labute approximate surface area is 89.8 Å². The number of aromatic nitrogens is 1. The molecule has 0 aromatic carbocycles. The third-order valence-corrected chi connectivity index (χ3v) is 2.90. The molecule has 65 valence electrons. The number of hydrogen-bond donors (Lipinski definition) is 0. The molecule has 1 nitrogen and oxygen atoms in total. The quantitative estimate of drug-likeness (QED) is 0.756. The van der Waals surface area contributed by atoms with Crippen LogP contribution in [0.1, 0.15) is 19.4 Å². The number of halogens is 2. The van der Waals surface area contributed by atoms with Crippen molar-refractivity contribution in [2.45, 2.75) is 20.3 Å². The van der Waals surface area contributed by atoms with Gasteiger partial charge in [-0.15, -0.1) is 0 Å². The first kappa shape index (κ1) is 10.2. The molecule has 0 N–H and O–H groups in total. The number of pyridine rings is 1. The van der Waals surface area contributed by atoms with Crippen LogP contribution in [0.5, 0.6) is 0 Å². The van der Waals surface area contributed by atoms with Gasteiger partial charge in [-0.05, 0) is 39.9 Å². The Hall–Kier alpha value is 0.110. The van der Waals surface area contributed by atoms with Crippen molar-refractivity contribution in [2.75, 3.05) is 0 Å². The summed E-state index contributed by atoms with van der Waals surface area (Å²) >= 11 is 6.91. The zero-order valence-electron chi connectivity index (χ0n) is 7.06. The van der Waals surface area contributed by atoms with Crippen molar-refractivity contribution in [3.63, 3.8) is 0 Å². The van der Waals surface area contributed by atoms with Gasteiger partial charge in [-0.2, -0.15) is 0 Å². The van der Waals surface area contributed by atoms with Crippen molar-refractivity contribution < 1.29 is 0 Å². The summed E-state index contributed by atoms with van der Waals surface area (Å²) in [6.07, 6.45) is 2.75. The maximum absolute atomic E-state index is 4.17. The second-order valence-electron chi connectivity index (χ2n) is 2.95. The van der Waals surface area contributed by atoms with Gasteiger partial charge in [0, 0.05) is 10.7 Å². The van der Waals surface area contributed by atoms with Crippen molar-refractivity contribution >= 4 is 31.9 Å². The van der Waals surface area contributed by atoms with E-state index in [0.717, 1.165) is 15.5 Å². The topological polar surface area (TPSA) is 12.9 Å². The molecule has 1 aromatic rings. The zero-order valence-corrected chi connectivity index (χ0v) is 10.2. The van der Waals surface area contributed by atoms with E-state index in [9.17, 15) is 0 Å². The van der Waals surface area contributed by atoms with Gasteiger partial charge in [-0.3, -0.25) is 0 Å². The monoisotopic (exact) mass is 290 g/mol. The van der Waals surface area contributed by atoms with Gasteiger partial charge in [-0.1, -0.05) is 29.8 Å². The van der Waals surface area contributed by atoms with Crippen LogP contribution in [0.3, 0.4) is 0 Å².